The van der Waals surface area contributed by atoms with Gasteiger partial charge in [-0.1, -0.05) is 0 Å². The van der Waals surface area contributed by atoms with Gasteiger partial charge in [0.15, 0.2) is 0 Å². The van der Waals surface area contributed by atoms with Gasteiger partial charge in [0, 0.05) is 0 Å². The van der Waals surface area contributed by atoms with Crippen LogP contribution >= 0.6 is 17.0 Å². The van der Waals surface area contributed by atoms with Crippen LogP contribution < -0.4 is 0 Å². The Balaban J connectivity index is 1.88. The van der Waals surface area contributed by atoms with E-state index in [2.05, 4.69) is 148 Å². The number of halogens is 2. The van der Waals surface area contributed by atoms with Crippen LogP contribution in [0.3, 0.4) is 0 Å². The van der Waals surface area contributed by atoms with Crippen LogP contribution in [0.1, 0.15) is 85.8 Å². The number of rotatable bonds is 11. The molecule has 0 amide bonds. The minimum absolute atomic E-state index is 0.573. The van der Waals surface area contributed by atoms with E-state index in [0.29, 0.717) is 0 Å². The van der Waals surface area contributed by atoms with Gasteiger partial charge in [0.25, 0.3) is 0 Å². The molecule has 0 aromatic heterocycles. The summed E-state index contributed by atoms with van der Waals surface area (Å²) in [6.45, 7) is 9.55. The molecule has 4 heteroatoms. The molecule has 2 atom stereocenters. The summed E-state index contributed by atoms with van der Waals surface area (Å²) in [6.07, 6.45) is 11.4. The molecule has 4 aromatic rings. The second-order valence-electron chi connectivity index (χ2n) is 13.2. The molecule has 2 aliphatic carbocycles. The molecule has 0 saturated carbocycles. The molecule has 0 bridgehead atoms. The third-order valence-corrected chi connectivity index (χ3v) is 66.1. The molecular weight excluding hydrogens is 671 g/mol. The summed E-state index contributed by atoms with van der Waals surface area (Å²) in [5.41, 5.74) is 10.6. The fourth-order valence-corrected chi connectivity index (χ4v) is 49.5. The van der Waals surface area contributed by atoms with Crippen LogP contribution in [0.5, 0.6) is 0 Å². The monoisotopic (exact) mass is 713 g/mol. The van der Waals surface area contributed by atoms with E-state index in [-0.39, 0.29) is 0 Å². The molecule has 44 heavy (non-hydrogen) atoms. The summed E-state index contributed by atoms with van der Waals surface area (Å²) in [5.74, 6) is -1.90. The zero-order valence-corrected chi connectivity index (χ0v) is 31.7. The van der Waals surface area contributed by atoms with E-state index in [1.54, 1.807) is 0 Å². The van der Waals surface area contributed by atoms with E-state index in [1.807, 2.05) is 0 Å². The van der Waals surface area contributed by atoms with E-state index in [0.717, 1.165) is 38.5 Å². The molecule has 0 radical (unpaired) electrons. The molecule has 0 spiro atoms. The van der Waals surface area contributed by atoms with Crippen molar-refractivity contribution in [1.82, 2.24) is 0 Å². The second-order valence-corrected chi connectivity index (χ2v) is 54.6. The molecule has 0 aliphatic heterocycles. The Morgan fingerprint density at radius 1 is 0.545 bits per heavy atom. The molecule has 0 nitrogen and oxygen atoms in total. The van der Waals surface area contributed by atoms with Gasteiger partial charge in [-0.05, 0) is 0 Å². The maximum atomic E-state index is 9.28. The summed E-state index contributed by atoms with van der Waals surface area (Å²) in [5, 5.41) is 0. The molecule has 6 rings (SSSR count). The van der Waals surface area contributed by atoms with Crippen LogP contribution in [0.25, 0.3) is 12.2 Å². The van der Waals surface area contributed by atoms with Gasteiger partial charge in [0.1, 0.15) is 0 Å². The molecule has 4 aromatic carbocycles. The Morgan fingerprint density at radius 3 is 1.27 bits per heavy atom. The number of hydrogen-bond acceptors (Lipinski definition) is 0. The fraction of sp³-hybridized carbons (Fsp3) is 0.300. The molecule has 0 saturated heterocycles. The predicted molar refractivity (Wildman–Crippen MR) is 193 cm³/mol. The van der Waals surface area contributed by atoms with Crippen molar-refractivity contribution in [1.29, 1.82) is 0 Å². The van der Waals surface area contributed by atoms with Crippen LogP contribution in [0.15, 0.2) is 120 Å². The standard InChI is InChI=1S/2C19H19.C2H7Si.2ClH.Zr/c2*1-2-3-9-17-14-16-12-7-8-13-18(16)19(17)15-10-5-4-6-11-15;1-3-2;;;/h2*4-8,10-14H,2-3,9H2,1H3;3H,1-2H3;2*1H;/q;;;;;+2/p-2. The van der Waals surface area contributed by atoms with Gasteiger partial charge in [-0.15, -0.1) is 0 Å². The zero-order valence-electron chi connectivity index (χ0n) is 26.6. The Morgan fingerprint density at radius 2 is 0.909 bits per heavy atom. The van der Waals surface area contributed by atoms with E-state index in [1.165, 1.54) is 44.5 Å². The molecule has 0 fully saturated rings. The van der Waals surface area contributed by atoms with Gasteiger partial charge in [0.05, 0.1) is 0 Å². The van der Waals surface area contributed by atoms with Gasteiger partial charge >= 0.3 is 276 Å². The molecule has 0 N–H and O–H groups in total. The van der Waals surface area contributed by atoms with E-state index >= 15 is 0 Å². The normalized spacial score (nSPS) is 21.8. The minimum atomic E-state index is -5.50. The first-order valence-electron chi connectivity index (χ1n) is 16.6. The van der Waals surface area contributed by atoms with Gasteiger partial charge in [-0.2, -0.15) is 0 Å². The third-order valence-electron chi connectivity index (χ3n) is 10.8. The first kappa shape index (κ1) is 32.0. The molecule has 2 unspecified atom stereocenters. The van der Waals surface area contributed by atoms with Gasteiger partial charge in [0.2, 0.25) is 0 Å². The van der Waals surface area contributed by atoms with Crippen LogP contribution in [0, 0.1) is 0 Å². The average molecular weight is 716 g/mol. The average Bonchev–Trinajstić information content (AvgIpc) is 3.58. The van der Waals surface area contributed by atoms with Crippen LogP contribution in [-0.2, 0) is 21.8 Å². The zero-order chi connectivity index (χ0) is 31.0. The van der Waals surface area contributed by atoms with Crippen molar-refractivity contribution in [2.45, 2.75) is 71.7 Å². The topological polar surface area (TPSA) is 0 Å². The Hall–Kier alpha value is -1.96. The Kier molecular flexibility index (Phi) is 8.97. The third kappa shape index (κ3) is 4.24. The van der Waals surface area contributed by atoms with E-state index in [9.17, 15) is 17.0 Å². The van der Waals surface area contributed by atoms with Crippen molar-refractivity contribution >= 4 is 35.1 Å². The Bertz CT molecular complexity index is 1590. The summed E-state index contributed by atoms with van der Waals surface area (Å²) < 4.78 is -1.15. The first-order valence-corrected chi connectivity index (χ1v) is 32.5. The summed E-state index contributed by atoms with van der Waals surface area (Å²) in [4.78, 5) is 0. The molecular formula is C40H45Cl2SiZr. The predicted octanol–water partition coefficient (Wildman–Crippen LogP) is 12.0. The summed E-state index contributed by atoms with van der Waals surface area (Å²) >= 11 is -5.50. The summed E-state index contributed by atoms with van der Waals surface area (Å²) in [6, 6.07) is 40.5. The second kappa shape index (κ2) is 12.3. The Labute approximate surface area is 274 Å². The van der Waals surface area contributed by atoms with Crippen LogP contribution in [0.4, 0.5) is 0 Å². The molecule has 2 aliphatic rings. The van der Waals surface area contributed by atoms with Crippen molar-refractivity contribution < 1.29 is 15.6 Å². The molecule has 0 heterocycles. The first-order chi connectivity index (χ1) is 21.3. The van der Waals surface area contributed by atoms with Crippen molar-refractivity contribution in [3.63, 3.8) is 0 Å². The number of unbranched alkanes of at least 4 members (excludes halogenated alkanes) is 2. The number of hydrogen-bond donors (Lipinski definition) is 0. The fourth-order valence-electron chi connectivity index (χ4n) is 8.94. The van der Waals surface area contributed by atoms with Crippen molar-refractivity contribution in [2.75, 3.05) is 0 Å². The molecule has 227 valence electrons. The van der Waals surface area contributed by atoms with E-state index in [4.69, 9.17) is 0 Å². The van der Waals surface area contributed by atoms with Crippen molar-refractivity contribution in [3.8, 4) is 0 Å². The van der Waals surface area contributed by atoms with Gasteiger partial charge in [-0.25, -0.2) is 0 Å². The van der Waals surface area contributed by atoms with Crippen molar-refractivity contribution in [2.24, 2.45) is 0 Å². The quantitative estimate of drug-likeness (QED) is 0.136. The maximum absolute atomic E-state index is 9.28. The van der Waals surface area contributed by atoms with Gasteiger partial charge < -0.3 is 0 Å². The number of allylic oxidation sites excluding steroid dienone is 2. The number of fused-ring (bicyclic) bond motifs is 2. The van der Waals surface area contributed by atoms with E-state index < -0.39 is 27.7 Å². The summed E-state index contributed by atoms with van der Waals surface area (Å²) in [7, 11) is 18.6. The van der Waals surface area contributed by atoms with Crippen molar-refractivity contribution in [3.05, 3.63) is 154 Å². The SMILES string of the molecule is CCCCC1=Cc2ccccc2[C]1(c1ccccc1)[Zr]([Cl])([Cl])([SiH](C)C)[C]1(c2ccccc2)C(CCCC)=Cc2ccccc21. The van der Waals surface area contributed by atoms with Crippen LogP contribution in [0.2, 0.25) is 13.1 Å². The number of benzene rings is 4. The van der Waals surface area contributed by atoms with Gasteiger partial charge in [-0.3, -0.25) is 0 Å². The van der Waals surface area contributed by atoms with Crippen LogP contribution in [-0.4, -0.2) is 5.92 Å².